The molecule has 4 heteroatoms. The molecule has 1 atom stereocenters. The van der Waals surface area contributed by atoms with Crippen molar-refractivity contribution in [1.29, 1.82) is 0 Å². The van der Waals surface area contributed by atoms with Gasteiger partial charge in [-0.3, -0.25) is 9.69 Å². The second kappa shape index (κ2) is 8.01. The molecule has 3 nitrogen and oxygen atoms in total. The van der Waals surface area contributed by atoms with E-state index in [4.69, 9.17) is 5.73 Å². The molecule has 116 valence electrons. The lowest BCUT2D eigenvalue weighted by Gasteiger charge is -2.21. The molecular weight excluding hydrogens is 292 g/mol. The highest BCUT2D eigenvalue weighted by molar-refractivity contribution is 7.98. The molecule has 22 heavy (non-hydrogen) atoms. The molecule has 0 aromatic heterocycles. The van der Waals surface area contributed by atoms with Gasteiger partial charge in [0.25, 0.3) is 0 Å². The van der Waals surface area contributed by atoms with Gasteiger partial charge in [-0.25, -0.2) is 0 Å². The summed E-state index contributed by atoms with van der Waals surface area (Å²) in [7, 11) is 1.91. The Morgan fingerprint density at radius 2 is 1.73 bits per heavy atom. The first-order valence-corrected chi connectivity index (χ1v) is 8.30. The second-order valence-corrected chi connectivity index (χ2v) is 6.46. The van der Waals surface area contributed by atoms with E-state index in [0.717, 1.165) is 5.75 Å². The third-order valence-electron chi connectivity index (χ3n) is 3.68. The summed E-state index contributed by atoms with van der Waals surface area (Å²) >= 11 is 1.82. The van der Waals surface area contributed by atoms with E-state index in [1.807, 2.05) is 36.7 Å². The van der Waals surface area contributed by atoms with Crippen molar-refractivity contribution in [3.63, 3.8) is 0 Å². The Morgan fingerprint density at radius 1 is 1.09 bits per heavy atom. The molecule has 0 bridgehead atoms. The van der Waals surface area contributed by atoms with Crippen LogP contribution in [0.5, 0.6) is 0 Å². The number of hydrogen-bond donors (Lipinski definition) is 1. The lowest BCUT2D eigenvalue weighted by molar-refractivity contribution is -0.122. The number of carbonyl (C=O) groups excluding carboxylic acids is 1. The normalized spacial score (nSPS) is 12.3. The SMILES string of the molecule is C[C@@H](C(N)=O)N(C)Cc1ccc(SCc2ccccc2)cc1. The Hall–Kier alpha value is -1.78. The fourth-order valence-corrected chi connectivity index (χ4v) is 2.93. The Kier molecular flexibility index (Phi) is 6.04. The third-order valence-corrected chi connectivity index (χ3v) is 4.76. The van der Waals surface area contributed by atoms with Crippen LogP contribution >= 0.6 is 11.8 Å². The first kappa shape index (κ1) is 16.6. The Morgan fingerprint density at radius 3 is 2.32 bits per heavy atom. The van der Waals surface area contributed by atoms with Gasteiger partial charge in [-0.2, -0.15) is 0 Å². The Bertz CT molecular complexity index is 598. The number of nitrogens with two attached hydrogens (primary N) is 1. The first-order valence-electron chi connectivity index (χ1n) is 7.31. The van der Waals surface area contributed by atoms with Crippen molar-refractivity contribution < 1.29 is 4.79 Å². The van der Waals surface area contributed by atoms with Crippen LogP contribution in [0.1, 0.15) is 18.1 Å². The maximum absolute atomic E-state index is 11.2. The molecule has 2 N–H and O–H groups in total. The smallest absolute Gasteiger partial charge is 0.234 e. The molecule has 0 radical (unpaired) electrons. The molecule has 0 saturated heterocycles. The van der Waals surface area contributed by atoms with Crippen LogP contribution in [0.2, 0.25) is 0 Å². The summed E-state index contributed by atoms with van der Waals surface area (Å²) in [5.41, 5.74) is 7.83. The average molecular weight is 314 g/mol. The van der Waals surface area contributed by atoms with Gasteiger partial charge >= 0.3 is 0 Å². The summed E-state index contributed by atoms with van der Waals surface area (Å²) in [6.07, 6.45) is 0. The van der Waals surface area contributed by atoms with E-state index in [-0.39, 0.29) is 11.9 Å². The van der Waals surface area contributed by atoms with Crippen LogP contribution in [0, 0.1) is 0 Å². The highest BCUT2D eigenvalue weighted by atomic mass is 32.2. The highest BCUT2D eigenvalue weighted by Crippen LogP contribution is 2.23. The molecule has 0 spiro atoms. The Labute approximate surface area is 136 Å². The molecule has 0 unspecified atom stereocenters. The molecule has 2 rings (SSSR count). The van der Waals surface area contributed by atoms with Crippen LogP contribution in [-0.4, -0.2) is 23.9 Å². The van der Waals surface area contributed by atoms with Crippen LogP contribution in [0.3, 0.4) is 0 Å². The number of likely N-dealkylation sites (N-methyl/N-ethyl adjacent to an activating group) is 1. The van der Waals surface area contributed by atoms with Crippen molar-refractivity contribution >= 4 is 17.7 Å². The summed E-state index contributed by atoms with van der Waals surface area (Å²) in [4.78, 5) is 14.4. The van der Waals surface area contributed by atoms with E-state index in [2.05, 4.69) is 48.5 Å². The zero-order valence-electron chi connectivity index (χ0n) is 13.0. The topological polar surface area (TPSA) is 46.3 Å². The first-order chi connectivity index (χ1) is 10.6. The number of nitrogens with zero attached hydrogens (tertiary/aromatic N) is 1. The average Bonchev–Trinajstić information content (AvgIpc) is 2.54. The predicted octanol–water partition coefficient (Wildman–Crippen LogP) is 3.28. The zero-order chi connectivity index (χ0) is 15.9. The number of rotatable bonds is 7. The zero-order valence-corrected chi connectivity index (χ0v) is 13.8. The lowest BCUT2D eigenvalue weighted by atomic mass is 10.2. The highest BCUT2D eigenvalue weighted by Gasteiger charge is 2.14. The summed E-state index contributed by atoms with van der Waals surface area (Å²) in [6, 6.07) is 18.7. The fraction of sp³-hybridized carbons (Fsp3) is 0.278. The minimum Gasteiger partial charge on any atom is -0.368 e. The summed E-state index contributed by atoms with van der Waals surface area (Å²) < 4.78 is 0. The van der Waals surface area contributed by atoms with E-state index >= 15 is 0 Å². The van der Waals surface area contributed by atoms with Gasteiger partial charge in [-0.05, 0) is 37.2 Å². The van der Waals surface area contributed by atoms with Gasteiger partial charge < -0.3 is 5.73 Å². The van der Waals surface area contributed by atoms with Crippen molar-refractivity contribution in [3.8, 4) is 0 Å². The maximum atomic E-state index is 11.2. The number of thioether (sulfide) groups is 1. The number of hydrogen-bond acceptors (Lipinski definition) is 3. The van der Waals surface area contributed by atoms with Crippen molar-refractivity contribution in [2.75, 3.05) is 7.05 Å². The van der Waals surface area contributed by atoms with Crippen molar-refractivity contribution in [2.24, 2.45) is 5.73 Å². The monoisotopic (exact) mass is 314 g/mol. The number of benzene rings is 2. The van der Waals surface area contributed by atoms with E-state index in [9.17, 15) is 4.79 Å². The Balaban J connectivity index is 1.89. The quantitative estimate of drug-likeness (QED) is 0.798. The maximum Gasteiger partial charge on any atom is 0.234 e. The third kappa shape index (κ3) is 4.90. The second-order valence-electron chi connectivity index (χ2n) is 5.41. The van der Waals surface area contributed by atoms with Gasteiger partial charge in [0.1, 0.15) is 0 Å². The number of carbonyl (C=O) groups is 1. The van der Waals surface area contributed by atoms with E-state index in [1.165, 1.54) is 16.0 Å². The van der Waals surface area contributed by atoms with Crippen LogP contribution in [0.4, 0.5) is 0 Å². The van der Waals surface area contributed by atoms with E-state index in [1.54, 1.807) is 0 Å². The van der Waals surface area contributed by atoms with Gasteiger partial charge in [0, 0.05) is 17.2 Å². The standard InChI is InChI=1S/C18H22N2OS/c1-14(18(19)21)20(2)12-15-8-10-17(11-9-15)22-13-16-6-4-3-5-7-16/h3-11,14H,12-13H2,1-2H3,(H2,19,21)/t14-/m0/s1. The number of amides is 1. The van der Waals surface area contributed by atoms with E-state index in [0.29, 0.717) is 6.54 Å². The van der Waals surface area contributed by atoms with Crippen molar-refractivity contribution in [1.82, 2.24) is 4.90 Å². The van der Waals surface area contributed by atoms with Crippen LogP contribution in [0.15, 0.2) is 59.5 Å². The molecule has 0 heterocycles. The predicted molar refractivity (Wildman–Crippen MR) is 92.6 cm³/mol. The molecule has 2 aromatic carbocycles. The molecular formula is C18H22N2OS. The molecule has 0 saturated carbocycles. The van der Waals surface area contributed by atoms with Gasteiger partial charge in [0.15, 0.2) is 0 Å². The lowest BCUT2D eigenvalue weighted by Crippen LogP contribution is -2.39. The minimum absolute atomic E-state index is 0.257. The molecule has 0 aliphatic carbocycles. The van der Waals surface area contributed by atoms with Gasteiger partial charge in [0.05, 0.1) is 6.04 Å². The molecule has 0 fully saturated rings. The summed E-state index contributed by atoms with van der Waals surface area (Å²) in [5.74, 6) is 0.677. The molecule has 0 aliphatic heterocycles. The van der Waals surface area contributed by atoms with E-state index < -0.39 is 0 Å². The summed E-state index contributed by atoms with van der Waals surface area (Å²) in [5, 5.41) is 0. The van der Waals surface area contributed by atoms with Crippen LogP contribution in [-0.2, 0) is 17.1 Å². The fourth-order valence-electron chi connectivity index (χ4n) is 2.07. The van der Waals surface area contributed by atoms with Gasteiger partial charge in [0.2, 0.25) is 5.91 Å². The largest absolute Gasteiger partial charge is 0.368 e. The van der Waals surface area contributed by atoms with Crippen molar-refractivity contribution in [3.05, 3.63) is 65.7 Å². The van der Waals surface area contributed by atoms with Crippen molar-refractivity contribution in [2.45, 2.75) is 30.2 Å². The molecule has 0 aliphatic rings. The van der Waals surface area contributed by atoms with Crippen LogP contribution in [0.25, 0.3) is 0 Å². The summed E-state index contributed by atoms with van der Waals surface area (Å²) in [6.45, 7) is 2.54. The minimum atomic E-state index is -0.294. The van der Waals surface area contributed by atoms with Crippen LogP contribution < -0.4 is 5.73 Å². The van der Waals surface area contributed by atoms with Gasteiger partial charge in [-0.1, -0.05) is 42.5 Å². The van der Waals surface area contributed by atoms with Gasteiger partial charge in [-0.15, -0.1) is 11.8 Å². The molecule has 1 amide bonds. The molecule has 2 aromatic rings. The number of primary amides is 1.